The molecule has 0 spiro atoms. The molecule has 0 bridgehead atoms. The number of halogens is 2. The van der Waals surface area contributed by atoms with Gasteiger partial charge in [-0.05, 0) is 24.1 Å². The Balaban J connectivity index is 2.14. The summed E-state index contributed by atoms with van der Waals surface area (Å²) in [5, 5.41) is 3.25. The predicted octanol–water partition coefficient (Wildman–Crippen LogP) is 3.15. The van der Waals surface area contributed by atoms with Gasteiger partial charge >= 0.3 is 0 Å². The van der Waals surface area contributed by atoms with Crippen molar-refractivity contribution in [1.29, 1.82) is 0 Å². The van der Waals surface area contributed by atoms with E-state index < -0.39 is 11.6 Å². The van der Waals surface area contributed by atoms with E-state index in [1.54, 1.807) is 0 Å². The van der Waals surface area contributed by atoms with Crippen molar-refractivity contribution in [3.05, 3.63) is 46.8 Å². The fourth-order valence-electron chi connectivity index (χ4n) is 2.44. The zero-order chi connectivity index (χ0) is 14.3. The standard InChI is InChI=1S/C15H15F2N3/c1-8(2)14-10-6-18-7-13(10)19-15(20-14)9-3-4-11(16)12(17)5-9/h3-5,8,18H,6-7H2,1-2H3. The lowest BCUT2D eigenvalue weighted by Crippen LogP contribution is -2.05. The number of rotatable bonds is 2. The van der Waals surface area contributed by atoms with Gasteiger partial charge in [-0.1, -0.05) is 13.8 Å². The number of fused-ring (bicyclic) bond motifs is 1. The van der Waals surface area contributed by atoms with E-state index in [4.69, 9.17) is 0 Å². The summed E-state index contributed by atoms with van der Waals surface area (Å²) in [4.78, 5) is 9.02. The Morgan fingerprint density at radius 2 is 1.90 bits per heavy atom. The Morgan fingerprint density at radius 1 is 1.10 bits per heavy atom. The smallest absolute Gasteiger partial charge is 0.159 e. The summed E-state index contributed by atoms with van der Waals surface area (Å²) < 4.78 is 26.4. The van der Waals surface area contributed by atoms with Gasteiger partial charge in [-0.25, -0.2) is 18.7 Å². The first kappa shape index (κ1) is 13.1. The van der Waals surface area contributed by atoms with Crippen LogP contribution in [-0.4, -0.2) is 9.97 Å². The van der Waals surface area contributed by atoms with Crippen LogP contribution in [0.5, 0.6) is 0 Å². The van der Waals surface area contributed by atoms with Crippen LogP contribution in [0.25, 0.3) is 11.4 Å². The van der Waals surface area contributed by atoms with Gasteiger partial charge in [0.25, 0.3) is 0 Å². The lowest BCUT2D eigenvalue weighted by molar-refractivity contribution is 0.509. The second-order valence-corrected chi connectivity index (χ2v) is 5.24. The largest absolute Gasteiger partial charge is 0.307 e. The molecule has 0 saturated carbocycles. The van der Waals surface area contributed by atoms with Crippen molar-refractivity contribution in [2.45, 2.75) is 32.9 Å². The van der Waals surface area contributed by atoms with Crippen molar-refractivity contribution < 1.29 is 8.78 Å². The third-order valence-corrected chi connectivity index (χ3v) is 3.44. The van der Waals surface area contributed by atoms with Crippen molar-refractivity contribution in [3.8, 4) is 11.4 Å². The summed E-state index contributed by atoms with van der Waals surface area (Å²) in [6.07, 6.45) is 0. The molecular weight excluding hydrogens is 260 g/mol. The van der Waals surface area contributed by atoms with Crippen LogP contribution in [-0.2, 0) is 13.1 Å². The minimum absolute atomic E-state index is 0.260. The summed E-state index contributed by atoms with van der Waals surface area (Å²) in [6, 6.07) is 3.75. The minimum Gasteiger partial charge on any atom is -0.307 e. The molecule has 1 aromatic heterocycles. The van der Waals surface area contributed by atoms with Crippen molar-refractivity contribution >= 4 is 0 Å². The molecule has 0 radical (unpaired) electrons. The average molecular weight is 275 g/mol. The number of nitrogens with one attached hydrogen (secondary N) is 1. The highest BCUT2D eigenvalue weighted by molar-refractivity contribution is 5.56. The molecule has 1 aromatic carbocycles. The Morgan fingerprint density at radius 3 is 2.60 bits per heavy atom. The van der Waals surface area contributed by atoms with E-state index in [2.05, 4.69) is 29.1 Å². The zero-order valence-corrected chi connectivity index (χ0v) is 11.4. The van der Waals surface area contributed by atoms with Crippen LogP contribution >= 0.6 is 0 Å². The van der Waals surface area contributed by atoms with Crippen LogP contribution in [0.1, 0.15) is 36.7 Å². The van der Waals surface area contributed by atoms with Crippen molar-refractivity contribution in [2.24, 2.45) is 0 Å². The highest BCUT2D eigenvalue weighted by atomic mass is 19.2. The molecule has 3 rings (SSSR count). The third-order valence-electron chi connectivity index (χ3n) is 3.44. The normalized spacial score (nSPS) is 13.8. The van der Waals surface area contributed by atoms with Crippen molar-refractivity contribution in [3.63, 3.8) is 0 Å². The first-order valence-corrected chi connectivity index (χ1v) is 6.62. The van der Waals surface area contributed by atoms with Crippen LogP contribution in [0.3, 0.4) is 0 Å². The van der Waals surface area contributed by atoms with Gasteiger partial charge in [0.05, 0.1) is 11.4 Å². The molecule has 2 aromatic rings. The third kappa shape index (κ3) is 2.18. The fourth-order valence-corrected chi connectivity index (χ4v) is 2.44. The van der Waals surface area contributed by atoms with Gasteiger partial charge < -0.3 is 5.32 Å². The molecule has 0 saturated heterocycles. The lowest BCUT2D eigenvalue weighted by Gasteiger charge is -2.12. The summed E-state index contributed by atoms with van der Waals surface area (Å²) in [5.41, 5.74) is 3.55. The Kier molecular flexibility index (Phi) is 3.22. The second kappa shape index (κ2) is 4.90. The molecule has 104 valence electrons. The number of benzene rings is 1. The van der Waals surface area contributed by atoms with E-state index in [9.17, 15) is 8.78 Å². The molecule has 0 aliphatic carbocycles. The first-order valence-electron chi connectivity index (χ1n) is 6.62. The maximum absolute atomic E-state index is 13.4. The molecule has 1 aliphatic rings. The summed E-state index contributed by atoms with van der Waals surface area (Å²) in [6.45, 7) is 5.58. The molecule has 0 amide bonds. The fraction of sp³-hybridized carbons (Fsp3) is 0.333. The topological polar surface area (TPSA) is 37.8 Å². The van der Waals surface area contributed by atoms with Gasteiger partial charge in [-0.3, -0.25) is 0 Å². The maximum Gasteiger partial charge on any atom is 0.159 e. The average Bonchev–Trinajstić information content (AvgIpc) is 2.88. The highest BCUT2D eigenvalue weighted by Crippen LogP contribution is 2.27. The number of nitrogens with zero attached hydrogens (tertiary/aromatic N) is 2. The van der Waals surface area contributed by atoms with Crippen molar-refractivity contribution in [2.75, 3.05) is 0 Å². The molecule has 20 heavy (non-hydrogen) atoms. The van der Waals surface area contributed by atoms with Gasteiger partial charge in [0.2, 0.25) is 0 Å². The van der Waals surface area contributed by atoms with Gasteiger partial charge in [0.1, 0.15) is 0 Å². The van der Waals surface area contributed by atoms with Gasteiger partial charge in [-0.2, -0.15) is 0 Å². The minimum atomic E-state index is -0.879. The number of hydrogen-bond acceptors (Lipinski definition) is 3. The van der Waals surface area contributed by atoms with Gasteiger partial charge in [0.15, 0.2) is 17.5 Å². The van der Waals surface area contributed by atoms with E-state index in [0.717, 1.165) is 35.6 Å². The van der Waals surface area contributed by atoms with Crippen LogP contribution in [0.4, 0.5) is 8.78 Å². The molecule has 0 unspecified atom stereocenters. The Hall–Kier alpha value is -1.88. The summed E-state index contributed by atoms with van der Waals surface area (Å²) >= 11 is 0. The number of hydrogen-bond donors (Lipinski definition) is 1. The van der Waals surface area contributed by atoms with E-state index in [1.807, 2.05) is 0 Å². The highest BCUT2D eigenvalue weighted by Gasteiger charge is 2.21. The Labute approximate surface area is 116 Å². The van der Waals surface area contributed by atoms with Crippen LogP contribution in [0.15, 0.2) is 18.2 Å². The zero-order valence-electron chi connectivity index (χ0n) is 11.4. The summed E-state index contributed by atoms with van der Waals surface area (Å²) in [7, 11) is 0. The van der Waals surface area contributed by atoms with E-state index in [0.29, 0.717) is 17.9 Å². The lowest BCUT2D eigenvalue weighted by atomic mass is 10.0. The number of aromatic nitrogens is 2. The predicted molar refractivity (Wildman–Crippen MR) is 72.0 cm³/mol. The molecular formula is C15H15F2N3. The van der Waals surface area contributed by atoms with Crippen molar-refractivity contribution in [1.82, 2.24) is 15.3 Å². The van der Waals surface area contributed by atoms with E-state index >= 15 is 0 Å². The van der Waals surface area contributed by atoms with Crippen LogP contribution in [0.2, 0.25) is 0 Å². The quantitative estimate of drug-likeness (QED) is 0.915. The monoisotopic (exact) mass is 275 g/mol. The van der Waals surface area contributed by atoms with E-state index in [1.165, 1.54) is 6.07 Å². The molecule has 5 heteroatoms. The van der Waals surface area contributed by atoms with Gasteiger partial charge in [-0.15, -0.1) is 0 Å². The SMILES string of the molecule is CC(C)c1nc(-c2ccc(F)c(F)c2)nc2c1CNC2. The van der Waals surface area contributed by atoms with Gasteiger partial charge in [0, 0.05) is 24.2 Å². The molecule has 3 nitrogen and oxygen atoms in total. The maximum atomic E-state index is 13.4. The van der Waals surface area contributed by atoms with E-state index in [-0.39, 0.29) is 5.92 Å². The molecule has 0 fully saturated rings. The molecule has 2 heterocycles. The van der Waals surface area contributed by atoms with Crippen LogP contribution < -0.4 is 5.32 Å². The first-order chi connectivity index (χ1) is 9.56. The second-order valence-electron chi connectivity index (χ2n) is 5.24. The Bertz CT molecular complexity index is 668. The van der Waals surface area contributed by atoms with Crippen LogP contribution in [0, 0.1) is 11.6 Å². The summed E-state index contributed by atoms with van der Waals surface area (Å²) in [5.74, 6) is -1.03. The molecule has 0 atom stereocenters. The molecule has 1 aliphatic heterocycles. The molecule has 1 N–H and O–H groups in total.